The molecular weight excluding hydrogens is 321 g/mol. The van der Waals surface area contributed by atoms with E-state index in [1.54, 1.807) is 23.1 Å². The number of hydrogen-bond acceptors (Lipinski definition) is 4. The fraction of sp³-hybridized carbons (Fsp3) is 0.316. The number of fused-ring (bicyclic) bond motifs is 1. The van der Waals surface area contributed by atoms with Gasteiger partial charge in [-0.15, -0.1) is 0 Å². The van der Waals surface area contributed by atoms with Crippen molar-refractivity contribution in [3.05, 3.63) is 53.8 Å². The van der Waals surface area contributed by atoms with Crippen LogP contribution in [0.15, 0.2) is 42.5 Å². The first kappa shape index (κ1) is 15.9. The van der Waals surface area contributed by atoms with Crippen molar-refractivity contribution in [3.8, 4) is 5.75 Å². The quantitative estimate of drug-likeness (QED) is 0.929. The SMILES string of the molecule is O=C1COc2cc(N3CCNCC3)ccc2N1Cc1ccccc1F. The number of rotatable bonds is 3. The number of hydrogen-bond donors (Lipinski definition) is 1. The Hall–Kier alpha value is -2.60. The van der Waals surface area contributed by atoms with E-state index in [-0.39, 0.29) is 24.9 Å². The highest BCUT2D eigenvalue weighted by Crippen LogP contribution is 2.36. The molecule has 25 heavy (non-hydrogen) atoms. The van der Waals surface area contributed by atoms with Gasteiger partial charge < -0.3 is 19.9 Å². The van der Waals surface area contributed by atoms with E-state index in [2.05, 4.69) is 10.2 Å². The van der Waals surface area contributed by atoms with Crippen molar-refractivity contribution in [2.24, 2.45) is 0 Å². The minimum Gasteiger partial charge on any atom is -0.481 e. The zero-order valence-corrected chi connectivity index (χ0v) is 13.9. The van der Waals surface area contributed by atoms with Crippen LogP contribution in [0.3, 0.4) is 0 Å². The molecule has 1 amide bonds. The summed E-state index contributed by atoms with van der Waals surface area (Å²) >= 11 is 0. The standard InChI is InChI=1S/C19H20FN3O2/c20-16-4-2-1-3-14(16)12-23-17-6-5-15(22-9-7-21-8-10-22)11-18(17)25-13-19(23)24/h1-6,11,21H,7-10,12-13H2. The molecule has 2 aliphatic heterocycles. The largest absolute Gasteiger partial charge is 0.481 e. The van der Waals surface area contributed by atoms with E-state index in [0.29, 0.717) is 17.0 Å². The molecule has 0 unspecified atom stereocenters. The van der Waals surface area contributed by atoms with Gasteiger partial charge in [0.2, 0.25) is 0 Å². The molecule has 1 saturated heterocycles. The zero-order chi connectivity index (χ0) is 17.2. The van der Waals surface area contributed by atoms with Crippen molar-refractivity contribution in [2.45, 2.75) is 6.54 Å². The number of nitrogens with zero attached hydrogens (tertiary/aromatic N) is 2. The van der Waals surface area contributed by atoms with Gasteiger partial charge in [-0.05, 0) is 18.2 Å². The predicted molar refractivity (Wildman–Crippen MR) is 94.6 cm³/mol. The average Bonchev–Trinajstić information content (AvgIpc) is 2.66. The van der Waals surface area contributed by atoms with Crippen LogP contribution in [0.25, 0.3) is 0 Å². The van der Waals surface area contributed by atoms with E-state index in [9.17, 15) is 9.18 Å². The van der Waals surface area contributed by atoms with Crippen LogP contribution in [0.4, 0.5) is 15.8 Å². The molecule has 0 saturated carbocycles. The first-order valence-corrected chi connectivity index (χ1v) is 8.49. The summed E-state index contributed by atoms with van der Waals surface area (Å²) in [6.07, 6.45) is 0. The van der Waals surface area contributed by atoms with Crippen molar-refractivity contribution in [1.82, 2.24) is 5.32 Å². The highest BCUT2D eigenvalue weighted by Gasteiger charge is 2.27. The molecule has 130 valence electrons. The highest BCUT2D eigenvalue weighted by molar-refractivity contribution is 5.98. The van der Waals surface area contributed by atoms with E-state index < -0.39 is 0 Å². The molecule has 2 aromatic rings. The molecule has 0 aromatic heterocycles. The van der Waals surface area contributed by atoms with Crippen LogP contribution in [-0.2, 0) is 11.3 Å². The summed E-state index contributed by atoms with van der Waals surface area (Å²) in [6, 6.07) is 12.4. The molecule has 4 rings (SSSR count). The smallest absolute Gasteiger partial charge is 0.265 e. The third-order valence-electron chi connectivity index (χ3n) is 4.65. The molecule has 2 heterocycles. The number of ether oxygens (including phenoxy) is 1. The van der Waals surface area contributed by atoms with Crippen molar-refractivity contribution in [1.29, 1.82) is 0 Å². The van der Waals surface area contributed by atoms with Gasteiger partial charge in [-0.3, -0.25) is 4.79 Å². The van der Waals surface area contributed by atoms with E-state index in [1.165, 1.54) is 6.07 Å². The lowest BCUT2D eigenvalue weighted by Gasteiger charge is -2.33. The summed E-state index contributed by atoms with van der Waals surface area (Å²) in [4.78, 5) is 16.2. The van der Waals surface area contributed by atoms with Gasteiger partial charge in [0, 0.05) is 43.5 Å². The number of anilines is 2. The summed E-state index contributed by atoms with van der Waals surface area (Å²) < 4.78 is 19.6. The van der Waals surface area contributed by atoms with Crippen molar-refractivity contribution in [2.75, 3.05) is 42.6 Å². The molecule has 0 bridgehead atoms. The molecule has 0 spiro atoms. The van der Waals surface area contributed by atoms with E-state index in [4.69, 9.17) is 4.74 Å². The van der Waals surface area contributed by atoms with Crippen LogP contribution in [-0.4, -0.2) is 38.7 Å². The third-order valence-corrected chi connectivity index (χ3v) is 4.65. The second-order valence-electron chi connectivity index (χ2n) is 6.25. The fourth-order valence-corrected chi connectivity index (χ4v) is 3.28. The lowest BCUT2D eigenvalue weighted by atomic mass is 10.1. The third kappa shape index (κ3) is 3.17. The Morgan fingerprint density at radius 2 is 1.92 bits per heavy atom. The maximum absolute atomic E-state index is 14.0. The molecule has 1 N–H and O–H groups in total. The van der Waals surface area contributed by atoms with Gasteiger partial charge in [-0.2, -0.15) is 0 Å². The first-order chi connectivity index (χ1) is 12.2. The number of carbonyl (C=O) groups excluding carboxylic acids is 1. The van der Waals surface area contributed by atoms with Gasteiger partial charge >= 0.3 is 0 Å². The maximum Gasteiger partial charge on any atom is 0.265 e. The molecule has 0 atom stereocenters. The summed E-state index contributed by atoms with van der Waals surface area (Å²) in [7, 11) is 0. The molecule has 2 aliphatic rings. The fourth-order valence-electron chi connectivity index (χ4n) is 3.28. The Balaban J connectivity index is 1.62. The Morgan fingerprint density at radius 1 is 1.12 bits per heavy atom. The second kappa shape index (κ2) is 6.72. The average molecular weight is 341 g/mol. The van der Waals surface area contributed by atoms with Crippen LogP contribution >= 0.6 is 0 Å². The monoisotopic (exact) mass is 341 g/mol. The normalized spacial score (nSPS) is 17.2. The van der Waals surface area contributed by atoms with Gasteiger partial charge in [-0.1, -0.05) is 18.2 Å². The van der Waals surface area contributed by atoms with Crippen LogP contribution in [0.1, 0.15) is 5.56 Å². The molecule has 2 aromatic carbocycles. The lowest BCUT2D eigenvalue weighted by Crippen LogP contribution is -2.43. The van der Waals surface area contributed by atoms with Crippen LogP contribution in [0, 0.1) is 5.82 Å². The summed E-state index contributed by atoms with van der Waals surface area (Å²) in [6.45, 7) is 3.97. The number of benzene rings is 2. The van der Waals surface area contributed by atoms with Crippen molar-refractivity contribution < 1.29 is 13.9 Å². The van der Waals surface area contributed by atoms with E-state index in [0.717, 1.165) is 31.9 Å². The van der Waals surface area contributed by atoms with Crippen molar-refractivity contribution >= 4 is 17.3 Å². The molecule has 1 fully saturated rings. The van der Waals surface area contributed by atoms with E-state index in [1.807, 2.05) is 18.2 Å². The molecular formula is C19H20FN3O2. The van der Waals surface area contributed by atoms with E-state index >= 15 is 0 Å². The van der Waals surface area contributed by atoms with Crippen LogP contribution < -0.4 is 19.9 Å². The maximum atomic E-state index is 14.0. The predicted octanol–water partition coefficient (Wildman–Crippen LogP) is 2.16. The highest BCUT2D eigenvalue weighted by atomic mass is 19.1. The Labute approximate surface area is 146 Å². The minimum absolute atomic E-state index is 0.0214. The number of piperazine rings is 1. The Bertz CT molecular complexity index is 790. The number of amides is 1. The van der Waals surface area contributed by atoms with Crippen molar-refractivity contribution in [3.63, 3.8) is 0 Å². The van der Waals surface area contributed by atoms with Gasteiger partial charge in [-0.25, -0.2) is 4.39 Å². The van der Waals surface area contributed by atoms with Gasteiger partial charge in [0.15, 0.2) is 6.61 Å². The van der Waals surface area contributed by atoms with Gasteiger partial charge in [0.05, 0.1) is 12.2 Å². The first-order valence-electron chi connectivity index (χ1n) is 8.49. The minimum atomic E-state index is -0.305. The van der Waals surface area contributed by atoms with Gasteiger partial charge in [0.25, 0.3) is 5.91 Å². The van der Waals surface area contributed by atoms with Crippen LogP contribution in [0.5, 0.6) is 5.75 Å². The molecule has 6 heteroatoms. The topological polar surface area (TPSA) is 44.8 Å². The molecule has 0 radical (unpaired) electrons. The number of halogens is 1. The number of nitrogens with one attached hydrogen (secondary N) is 1. The number of carbonyl (C=O) groups is 1. The van der Waals surface area contributed by atoms with Gasteiger partial charge in [0.1, 0.15) is 11.6 Å². The summed E-state index contributed by atoms with van der Waals surface area (Å²) in [5, 5.41) is 3.33. The summed E-state index contributed by atoms with van der Waals surface area (Å²) in [5.74, 6) is 0.207. The zero-order valence-electron chi connectivity index (χ0n) is 13.9. The lowest BCUT2D eigenvalue weighted by molar-refractivity contribution is -0.121. The summed E-state index contributed by atoms with van der Waals surface area (Å²) in [5.41, 5.74) is 2.27. The molecule has 0 aliphatic carbocycles. The Morgan fingerprint density at radius 3 is 2.72 bits per heavy atom. The second-order valence-corrected chi connectivity index (χ2v) is 6.25. The Kier molecular flexibility index (Phi) is 4.28. The van der Waals surface area contributed by atoms with Crippen LogP contribution in [0.2, 0.25) is 0 Å². The molecule has 5 nitrogen and oxygen atoms in total.